The Morgan fingerprint density at radius 2 is 1.77 bits per heavy atom. The Morgan fingerprint density at radius 3 is 2.50 bits per heavy atom. The van der Waals surface area contributed by atoms with Crippen LogP contribution < -0.4 is 5.43 Å². The van der Waals surface area contributed by atoms with Gasteiger partial charge in [-0.3, -0.25) is 5.43 Å². The zero-order valence-electron chi connectivity index (χ0n) is 14.6. The van der Waals surface area contributed by atoms with Crippen LogP contribution in [0.25, 0.3) is 10.9 Å². The molecule has 0 amide bonds. The molecule has 0 aliphatic carbocycles. The molecule has 134 valence electrons. The van der Waals surface area contributed by atoms with Gasteiger partial charge in [-0.1, -0.05) is 23.8 Å². The van der Waals surface area contributed by atoms with E-state index in [0.717, 1.165) is 34.2 Å². The van der Waals surface area contributed by atoms with E-state index in [9.17, 15) is 13.2 Å². The molecule has 1 N–H and O–H groups in total. The minimum atomic E-state index is -4.37. The van der Waals surface area contributed by atoms with Crippen LogP contribution in [0.4, 0.5) is 19.0 Å². The second kappa shape index (κ2) is 6.78. The van der Waals surface area contributed by atoms with Gasteiger partial charge >= 0.3 is 6.18 Å². The van der Waals surface area contributed by atoms with Gasteiger partial charge in [0.15, 0.2) is 0 Å². The summed E-state index contributed by atoms with van der Waals surface area (Å²) in [5.41, 5.74) is 6.63. The third-order valence-electron chi connectivity index (χ3n) is 4.06. The van der Waals surface area contributed by atoms with Crippen molar-refractivity contribution in [1.29, 1.82) is 0 Å². The van der Waals surface area contributed by atoms with Crippen molar-refractivity contribution in [3.63, 3.8) is 0 Å². The maximum absolute atomic E-state index is 12.7. The van der Waals surface area contributed by atoms with Crippen LogP contribution in [0, 0.1) is 20.8 Å². The summed E-state index contributed by atoms with van der Waals surface area (Å²) in [6, 6.07) is 11.0. The number of hydrogen-bond donors (Lipinski definition) is 1. The van der Waals surface area contributed by atoms with Gasteiger partial charge in [-0.2, -0.15) is 18.3 Å². The van der Waals surface area contributed by atoms with E-state index in [4.69, 9.17) is 0 Å². The number of pyridine rings is 1. The van der Waals surface area contributed by atoms with Gasteiger partial charge in [-0.25, -0.2) is 4.98 Å². The van der Waals surface area contributed by atoms with E-state index in [2.05, 4.69) is 27.6 Å². The molecule has 3 rings (SSSR count). The van der Waals surface area contributed by atoms with Crippen molar-refractivity contribution in [3.8, 4) is 0 Å². The molecule has 0 radical (unpaired) electrons. The smallest absolute Gasteiger partial charge is 0.261 e. The van der Waals surface area contributed by atoms with Crippen LogP contribution in [-0.4, -0.2) is 11.2 Å². The summed E-state index contributed by atoms with van der Waals surface area (Å²) in [6.07, 6.45) is -3.03. The fourth-order valence-corrected chi connectivity index (χ4v) is 2.87. The Kier molecular flexibility index (Phi) is 4.68. The Hall–Kier alpha value is -2.89. The fraction of sp³-hybridized carbons (Fsp3) is 0.200. The minimum Gasteiger partial charge on any atom is -0.261 e. The summed E-state index contributed by atoms with van der Waals surface area (Å²) in [7, 11) is 0. The zero-order chi connectivity index (χ0) is 18.9. The van der Waals surface area contributed by atoms with Crippen LogP contribution in [0.2, 0.25) is 0 Å². The molecule has 3 aromatic rings. The van der Waals surface area contributed by atoms with Gasteiger partial charge in [0.05, 0.1) is 17.3 Å². The highest BCUT2D eigenvalue weighted by Gasteiger charge is 2.30. The van der Waals surface area contributed by atoms with Crippen LogP contribution in [0.5, 0.6) is 0 Å². The standard InChI is InChI=1S/C20H18F3N3/c1-12-7-14(3)19-17(8-12)13(2)9-18(25-19)26-24-11-15-5-4-6-16(10-15)20(21,22)23/h4-11H,1-3H3,(H,25,26). The molecule has 0 saturated heterocycles. The topological polar surface area (TPSA) is 37.3 Å². The average molecular weight is 357 g/mol. The number of nitrogens with zero attached hydrogens (tertiary/aromatic N) is 2. The number of anilines is 1. The lowest BCUT2D eigenvalue weighted by Crippen LogP contribution is -2.05. The van der Waals surface area contributed by atoms with Crippen molar-refractivity contribution < 1.29 is 13.2 Å². The first kappa shape index (κ1) is 17.9. The van der Waals surface area contributed by atoms with E-state index in [1.807, 2.05) is 26.8 Å². The molecule has 1 heterocycles. The van der Waals surface area contributed by atoms with E-state index in [1.54, 1.807) is 6.07 Å². The summed E-state index contributed by atoms with van der Waals surface area (Å²) in [4.78, 5) is 4.56. The molecule has 2 aromatic carbocycles. The number of fused-ring (bicyclic) bond motifs is 1. The Bertz CT molecular complexity index is 991. The summed E-state index contributed by atoms with van der Waals surface area (Å²) in [5.74, 6) is 0.546. The van der Waals surface area contributed by atoms with E-state index < -0.39 is 11.7 Å². The molecule has 0 aliphatic rings. The number of aromatic nitrogens is 1. The third-order valence-corrected chi connectivity index (χ3v) is 4.06. The number of halogens is 3. The van der Waals surface area contributed by atoms with Gasteiger partial charge in [0.2, 0.25) is 0 Å². The van der Waals surface area contributed by atoms with Crippen molar-refractivity contribution in [3.05, 3.63) is 70.3 Å². The van der Waals surface area contributed by atoms with Crippen molar-refractivity contribution in [2.75, 3.05) is 5.43 Å². The van der Waals surface area contributed by atoms with Gasteiger partial charge in [0, 0.05) is 5.39 Å². The van der Waals surface area contributed by atoms with Crippen LogP contribution >= 0.6 is 0 Å². The molecule has 26 heavy (non-hydrogen) atoms. The summed E-state index contributed by atoms with van der Waals surface area (Å²) >= 11 is 0. The number of benzene rings is 2. The lowest BCUT2D eigenvalue weighted by Gasteiger charge is -2.09. The van der Waals surface area contributed by atoms with Crippen LogP contribution in [0.1, 0.15) is 27.8 Å². The van der Waals surface area contributed by atoms with Crippen molar-refractivity contribution in [2.45, 2.75) is 26.9 Å². The van der Waals surface area contributed by atoms with Crippen LogP contribution in [-0.2, 0) is 6.18 Å². The molecule has 0 bridgehead atoms. The number of aryl methyl sites for hydroxylation is 3. The van der Waals surface area contributed by atoms with Crippen molar-refractivity contribution in [1.82, 2.24) is 4.98 Å². The number of hydrazone groups is 1. The molecule has 0 fully saturated rings. The summed E-state index contributed by atoms with van der Waals surface area (Å²) in [5, 5.41) is 5.10. The first-order valence-corrected chi connectivity index (χ1v) is 8.09. The molecule has 0 atom stereocenters. The van der Waals surface area contributed by atoms with Crippen molar-refractivity contribution >= 4 is 22.9 Å². The number of hydrogen-bond acceptors (Lipinski definition) is 3. The van der Waals surface area contributed by atoms with Crippen LogP contribution in [0.3, 0.4) is 0 Å². The molecule has 6 heteroatoms. The fourth-order valence-electron chi connectivity index (χ4n) is 2.87. The predicted octanol–water partition coefficient (Wildman–Crippen LogP) is 5.62. The number of alkyl halides is 3. The maximum Gasteiger partial charge on any atom is 0.416 e. The molecule has 0 aliphatic heterocycles. The Labute approximate surface area is 149 Å². The second-order valence-corrected chi connectivity index (χ2v) is 6.30. The van der Waals surface area contributed by atoms with E-state index in [0.29, 0.717) is 11.4 Å². The van der Waals surface area contributed by atoms with Gasteiger partial charge in [0.25, 0.3) is 0 Å². The third kappa shape index (κ3) is 3.85. The Balaban J connectivity index is 1.85. The largest absolute Gasteiger partial charge is 0.416 e. The highest BCUT2D eigenvalue weighted by atomic mass is 19.4. The summed E-state index contributed by atoms with van der Waals surface area (Å²) in [6.45, 7) is 6.03. The molecule has 1 aromatic heterocycles. The number of rotatable bonds is 3. The number of nitrogens with one attached hydrogen (secondary N) is 1. The van der Waals surface area contributed by atoms with Gasteiger partial charge in [0.1, 0.15) is 5.82 Å². The van der Waals surface area contributed by atoms with E-state index >= 15 is 0 Å². The predicted molar refractivity (Wildman–Crippen MR) is 98.6 cm³/mol. The van der Waals surface area contributed by atoms with Gasteiger partial charge in [-0.05, 0) is 61.7 Å². The molecule has 0 spiro atoms. The first-order chi connectivity index (χ1) is 12.2. The lowest BCUT2D eigenvalue weighted by atomic mass is 10.0. The summed E-state index contributed by atoms with van der Waals surface area (Å²) < 4.78 is 38.2. The average Bonchev–Trinajstić information content (AvgIpc) is 2.55. The monoisotopic (exact) mass is 357 g/mol. The van der Waals surface area contributed by atoms with Crippen molar-refractivity contribution in [2.24, 2.45) is 5.10 Å². The highest BCUT2D eigenvalue weighted by molar-refractivity contribution is 5.87. The maximum atomic E-state index is 12.7. The Morgan fingerprint density at radius 1 is 1.00 bits per heavy atom. The molecule has 0 saturated carbocycles. The van der Waals surface area contributed by atoms with Gasteiger partial charge in [-0.15, -0.1) is 0 Å². The molecular weight excluding hydrogens is 339 g/mol. The quantitative estimate of drug-likeness (QED) is 0.488. The first-order valence-electron chi connectivity index (χ1n) is 8.09. The van der Waals surface area contributed by atoms with E-state index in [1.165, 1.54) is 17.8 Å². The highest BCUT2D eigenvalue weighted by Crippen LogP contribution is 2.29. The molecular formula is C20H18F3N3. The normalized spacial score (nSPS) is 12.1. The van der Waals surface area contributed by atoms with E-state index in [-0.39, 0.29) is 0 Å². The zero-order valence-corrected chi connectivity index (χ0v) is 14.6. The van der Waals surface area contributed by atoms with Crippen LogP contribution in [0.15, 0.2) is 47.6 Å². The minimum absolute atomic E-state index is 0.358. The second-order valence-electron chi connectivity index (χ2n) is 6.30. The molecule has 3 nitrogen and oxygen atoms in total. The lowest BCUT2D eigenvalue weighted by molar-refractivity contribution is -0.137. The molecule has 0 unspecified atom stereocenters. The van der Waals surface area contributed by atoms with Gasteiger partial charge < -0.3 is 0 Å². The SMILES string of the molecule is Cc1cc(C)c2nc(NN=Cc3cccc(C(F)(F)F)c3)cc(C)c2c1.